The molecule has 2 fully saturated rings. The molecule has 0 amide bonds. The predicted molar refractivity (Wildman–Crippen MR) is 71.2 cm³/mol. The second-order valence-corrected chi connectivity index (χ2v) is 6.30. The Morgan fingerprint density at radius 1 is 1.41 bits per heavy atom. The molecule has 94 valence electrons. The lowest BCUT2D eigenvalue weighted by atomic mass is 10.0. The van der Waals surface area contributed by atoms with Gasteiger partial charge in [-0.25, -0.2) is 4.98 Å². The fourth-order valence-corrected chi connectivity index (χ4v) is 3.95. The lowest BCUT2D eigenvalue weighted by Gasteiger charge is -2.15. The van der Waals surface area contributed by atoms with Crippen LogP contribution in [0, 0.1) is 11.8 Å². The molecule has 3 rings (SSSR count). The first-order valence-electron chi connectivity index (χ1n) is 6.71. The monoisotopic (exact) mass is 251 g/mol. The lowest BCUT2D eigenvalue weighted by Crippen LogP contribution is -2.25. The van der Waals surface area contributed by atoms with E-state index in [1.165, 1.54) is 43.3 Å². The quantitative estimate of drug-likeness (QED) is 0.883. The summed E-state index contributed by atoms with van der Waals surface area (Å²) in [5.74, 6) is 1.78. The Morgan fingerprint density at radius 2 is 2.18 bits per heavy atom. The number of rotatable bonds is 4. The summed E-state index contributed by atoms with van der Waals surface area (Å²) < 4.78 is 0. The van der Waals surface area contributed by atoms with Crippen molar-refractivity contribution in [1.82, 2.24) is 15.2 Å². The van der Waals surface area contributed by atoms with Crippen molar-refractivity contribution in [3.63, 3.8) is 0 Å². The lowest BCUT2D eigenvalue weighted by molar-refractivity contribution is 0.302. The van der Waals surface area contributed by atoms with Crippen LogP contribution < -0.4 is 5.32 Å². The summed E-state index contributed by atoms with van der Waals surface area (Å²) in [6.45, 7) is 8.25. The Labute approximate surface area is 107 Å². The van der Waals surface area contributed by atoms with Gasteiger partial charge in [-0.3, -0.25) is 4.90 Å². The smallest absolute Gasteiger partial charge is 0.0928 e. The maximum Gasteiger partial charge on any atom is 0.0928 e. The molecule has 0 radical (unpaired) electrons. The number of aromatic nitrogens is 1. The molecular formula is C13H21N3S. The summed E-state index contributed by atoms with van der Waals surface area (Å²) in [6.07, 6.45) is 2.34. The molecular weight excluding hydrogens is 230 g/mol. The Bertz CT molecular complexity index is 364. The number of aryl methyl sites for hydroxylation is 1. The summed E-state index contributed by atoms with van der Waals surface area (Å²) in [4.78, 5) is 7.30. The number of thiazole rings is 1. The van der Waals surface area contributed by atoms with E-state index < -0.39 is 0 Å². The van der Waals surface area contributed by atoms with Crippen LogP contribution in [0.5, 0.6) is 0 Å². The average Bonchev–Trinajstić information content (AvgIpc) is 2.95. The number of nitrogens with zero attached hydrogens (tertiary/aromatic N) is 2. The van der Waals surface area contributed by atoms with E-state index in [-0.39, 0.29) is 0 Å². The number of hydrogen-bond acceptors (Lipinski definition) is 4. The number of hydrogen-bond donors (Lipinski definition) is 1. The van der Waals surface area contributed by atoms with Crippen LogP contribution in [0.25, 0.3) is 0 Å². The van der Waals surface area contributed by atoms with Crippen molar-refractivity contribution in [2.45, 2.75) is 26.3 Å². The van der Waals surface area contributed by atoms with Gasteiger partial charge in [0.1, 0.15) is 0 Å². The molecule has 2 aliphatic heterocycles. The molecule has 1 N–H and O–H groups in total. The SMILES string of the molecule is CCCc1nc(CN2C[C@H]3CNC[C@H]3C2)cs1. The highest BCUT2D eigenvalue weighted by Crippen LogP contribution is 2.27. The van der Waals surface area contributed by atoms with Gasteiger partial charge < -0.3 is 5.32 Å². The molecule has 1 aromatic rings. The van der Waals surface area contributed by atoms with Gasteiger partial charge in [0.2, 0.25) is 0 Å². The zero-order valence-corrected chi connectivity index (χ0v) is 11.3. The van der Waals surface area contributed by atoms with Crippen molar-refractivity contribution in [1.29, 1.82) is 0 Å². The minimum atomic E-state index is 0.892. The second-order valence-electron chi connectivity index (χ2n) is 5.36. The first kappa shape index (κ1) is 11.6. The molecule has 0 saturated carbocycles. The first-order chi connectivity index (χ1) is 8.35. The van der Waals surface area contributed by atoms with Crippen LogP contribution in [0.3, 0.4) is 0 Å². The maximum atomic E-state index is 4.72. The number of nitrogens with one attached hydrogen (secondary N) is 1. The fraction of sp³-hybridized carbons (Fsp3) is 0.769. The van der Waals surface area contributed by atoms with Gasteiger partial charge in [-0.2, -0.15) is 0 Å². The van der Waals surface area contributed by atoms with Gasteiger partial charge in [-0.1, -0.05) is 6.92 Å². The van der Waals surface area contributed by atoms with Crippen LogP contribution in [-0.4, -0.2) is 36.1 Å². The van der Waals surface area contributed by atoms with Gasteiger partial charge in [0.25, 0.3) is 0 Å². The summed E-state index contributed by atoms with van der Waals surface area (Å²) in [6, 6.07) is 0. The molecule has 0 aromatic carbocycles. The van der Waals surface area contributed by atoms with Crippen molar-refractivity contribution in [3.8, 4) is 0 Å². The number of fused-ring (bicyclic) bond motifs is 1. The Kier molecular flexibility index (Phi) is 3.45. The van der Waals surface area contributed by atoms with Crippen molar-refractivity contribution >= 4 is 11.3 Å². The first-order valence-corrected chi connectivity index (χ1v) is 7.59. The Hall–Kier alpha value is -0.450. The van der Waals surface area contributed by atoms with Crippen LogP contribution >= 0.6 is 11.3 Å². The van der Waals surface area contributed by atoms with Crippen molar-refractivity contribution in [2.24, 2.45) is 11.8 Å². The molecule has 4 heteroatoms. The molecule has 2 atom stereocenters. The van der Waals surface area contributed by atoms with Gasteiger partial charge in [-0.05, 0) is 37.8 Å². The van der Waals surface area contributed by atoms with E-state index in [1.54, 1.807) is 0 Å². The van der Waals surface area contributed by atoms with Crippen LogP contribution in [-0.2, 0) is 13.0 Å². The number of likely N-dealkylation sites (tertiary alicyclic amines) is 1. The van der Waals surface area contributed by atoms with Crippen LogP contribution in [0.15, 0.2) is 5.38 Å². The zero-order valence-electron chi connectivity index (χ0n) is 10.5. The van der Waals surface area contributed by atoms with E-state index in [2.05, 4.69) is 22.5 Å². The second kappa shape index (κ2) is 5.04. The van der Waals surface area contributed by atoms with Gasteiger partial charge in [-0.15, -0.1) is 11.3 Å². The molecule has 2 aliphatic rings. The molecule has 0 aliphatic carbocycles. The van der Waals surface area contributed by atoms with E-state index in [0.29, 0.717) is 0 Å². The minimum Gasteiger partial charge on any atom is -0.316 e. The summed E-state index contributed by atoms with van der Waals surface area (Å²) in [5.41, 5.74) is 1.28. The molecule has 0 spiro atoms. The van der Waals surface area contributed by atoms with Gasteiger partial charge >= 0.3 is 0 Å². The van der Waals surface area contributed by atoms with E-state index >= 15 is 0 Å². The topological polar surface area (TPSA) is 28.2 Å². The average molecular weight is 251 g/mol. The molecule has 17 heavy (non-hydrogen) atoms. The van der Waals surface area contributed by atoms with Crippen LogP contribution in [0.2, 0.25) is 0 Å². The summed E-state index contributed by atoms with van der Waals surface area (Å²) >= 11 is 1.83. The Balaban J connectivity index is 1.56. The highest BCUT2D eigenvalue weighted by atomic mass is 32.1. The summed E-state index contributed by atoms with van der Waals surface area (Å²) in [5, 5.41) is 7.05. The zero-order chi connectivity index (χ0) is 11.7. The minimum absolute atomic E-state index is 0.892. The van der Waals surface area contributed by atoms with Crippen molar-refractivity contribution < 1.29 is 0 Å². The molecule has 3 heterocycles. The third-order valence-electron chi connectivity index (χ3n) is 3.91. The molecule has 1 aromatic heterocycles. The highest BCUT2D eigenvalue weighted by molar-refractivity contribution is 7.09. The van der Waals surface area contributed by atoms with E-state index in [4.69, 9.17) is 4.98 Å². The normalized spacial score (nSPS) is 28.8. The fourth-order valence-electron chi connectivity index (χ4n) is 3.06. The molecule has 3 nitrogen and oxygen atoms in total. The van der Waals surface area contributed by atoms with Crippen molar-refractivity contribution in [3.05, 3.63) is 16.1 Å². The summed E-state index contributed by atoms with van der Waals surface area (Å²) in [7, 11) is 0. The van der Waals surface area contributed by atoms with Crippen molar-refractivity contribution in [2.75, 3.05) is 26.2 Å². The highest BCUT2D eigenvalue weighted by Gasteiger charge is 2.35. The van der Waals surface area contributed by atoms with E-state index in [9.17, 15) is 0 Å². The molecule has 0 bridgehead atoms. The van der Waals surface area contributed by atoms with Crippen LogP contribution in [0.4, 0.5) is 0 Å². The van der Waals surface area contributed by atoms with E-state index in [1.807, 2.05) is 11.3 Å². The third-order valence-corrected chi connectivity index (χ3v) is 4.87. The van der Waals surface area contributed by atoms with Gasteiger partial charge in [0.15, 0.2) is 0 Å². The molecule has 0 unspecified atom stereocenters. The van der Waals surface area contributed by atoms with Crippen LogP contribution in [0.1, 0.15) is 24.0 Å². The van der Waals surface area contributed by atoms with Gasteiger partial charge in [0, 0.05) is 25.0 Å². The van der Waals surface area contributed by atoms with E-state index in [0.717, 1.165) is 24.8 Å². The Morgan fingerprint density at radius 3 is 2.88 bits per heavy atom. The standard InChI is InChI=1S/C13H21N3S/c1-2-3-13-15-12(9-17-13)8-16-6-10-4-14-5-11(10)7-16/h9-11,14H,2-8H2,1H3/t10-,11+. The van der Waals surface area contributed by atoms with Gasteiger partial charge in [0.05, 0.1) is 10.7 Å². The predicted octanol–water partition coefficient (Wildman–Crippen LogP) is 1.75. The largest absolute Gasteiger partial charge is 0.316 e. The third kappa shape index (κ3) is 2.54. The molecule has 2 saturated heterocycles. The maximum absolute atomic E-state index is 4.72.